The molecule has 0 bridgehead atoms. The van der Waals surface area contributed by atoms with E-state index in [-0.39, 0.29) is 0 Å². The summed E-state index contributed by atoms with van der Waals surface area (Å²) >= 11 is 0. The fraction of sp³-hybridized carbons (Fsp3) is 0.0370. The molecule has 0 saturated heterocycles. The normalized spacial score (nSPS) is 11.1. The van der Waals surface area contributed by atoms with Crippen molar-refractivity contribution in [3.63, 3.8) is 0 Å². The summed E-state index contributed by atoms with van der Waals surface area (Å²) in [5, 5.41) is 10.9. The van der Waals surface area contributed by atoms with E-state index in [1.165, 1.54) is 48.7 Å². The number of aryl methyl sites for hydroxylation is 1. The van der Waals surface area contributed by atoms with E-state index in [1.54, 1.807) is 0 Å². The molecular weight excluding hydrogens is 324 g/mol. The van der Waals surface area contributed by atoms with Crippen LogP contribution in [0.3, 0.4) is 0 Å². The van der Waals surface area contributed by atoms with Gasteiger partial charge < -0.3 is 0 Å². The summed E-state index contributed by atoms with van der Waals surface area (Å²) in [7, 11) is 0. The van der Waals surface area contributed by atoms with Gasteiger partial charge in [-0.05, 0) is 50.0 Å². The lowest BCUT2D eigenvalue weighted by Gasteiger charge is -2.13. The van der Waals surface area contributed by atoms with Crippen LogP contribution in [-0.2, 0) is 0 Å². The highest BCUT2D eigenvalue weighted by Crippen LogP contribution is 2.39. The number of hydrogen-bond acceptors (Lipinski definition) is 0. The second kappa shape index (κ2) is 6.41. The predicted octanol–water partition coefficient (Wildman–Crippen LogP) is 7.73. The van der Waals surface area contributed by atoms with Crippen molar-refractivity contribution in [2.75, 3.05) is 0 Å². The highest BCUT2D eigenvalue weighted by Gasteiger charge is 2.11. The number of fused-ring (bicyclic) bond motifs is 2. The molecule has 0 fully saturated rings. The third-order valence-corrected chi connectivity index (χ3v) is 5.33. The lowest BCUT2D eigenvalue weighted by molar-refractivity contribution is 1.48. The second-order valence-corrected chi connectivity index (χ2v) is 7.07. The summed E-state index contributed by atoms with van der Waals surface area (Å²) in [6.07, 6.45) is 0. The second-order valence-electron chi connectivity index (χ2n) is 7.07. The fourth-order valence-corrected chi connectivity index (χ4v) is 4.11. The van der Waals surface area contributed by atoms with Crippen LogP contribution in [0.25, 0.3) is 43.1 Å². The Bertz CT molecular complexity index is 1190. The van der Waals surface area contributed by atoms with E-state index < -0.39 is 0 Å². The first-order valence-electron chi connectivity index (χ1n) is 9.39. The van der Waals surface area contributed by atoms with Crippen LogP contribution in [0.1, 0.15) is 5.56 Å². The Morgan fingerprint density at radius 3 is 1.04 bits per heavy atom. The van der Waals surface area contributed by atoms with Gasteiger partial charge in [-0.3, -0.25) is 0 Å². The number of rotatable bonds is 0. The minimum atomic E-state index is 1.32. The zero-order chi connectivity index (χ0) is 18.2. The van der Waals surface area contributed by atoms with Gasteiger partial charge in [-0.25, -0.2) is 0 Å². The van der Waals surface area contributed by atoms with E-state index in [1.807, 2.05) is 18.2 Å². The molecule has 0 aliphatic carbocycles. The van der Waals surface area contributed by atoms with Gasteiger partial charge in [0.05, 0.1) is 0 Å². The largest absolute Gasteiger partial charge is 0.0622 e. The molecule has 0 unspecified atom stereocenters. The molecule has 6 rings (SSSR count). The van der Waals surface area contributed by atoms with Gasteiger partial charge >= 0.3 is 0 Å². The van der Waals surface area contributed by atoms with Gasteiger partial charge in [0.2, 0.25) is 0 Å². The molecule has 0 heterocycles. The van der Waals surface area contributed by atoms with Crippen LogP contribution >= 0.6 is 0 Å². The highest BCUT2D eigenvalue weighted by molar-refractivity contribution is 6.32. The Morgan fingerprint density at radius 1 is 0.370 bits per heavy atom. The fourth-order valence-electron chi connectivity index (χ4n) is 4.11. The molecular formula is C27H20. The van der Waals surface area contributed by atoms with E-state index in [9.17, 15) is 0 Å². The van der Waals surface area contributed by atoms with Gasteiger partial charge in [-0.15, -0.1) is 0 Å². The molecule has 0 radical (unpaired) electrons. The first kappa shape index (κ1) is 15.8. The molecule has 0 N–H and O–H groups in total. The molecule has 0 aliphatic heterocycles. The third-order valence-electron chi connectivity index (χ3n) is 5.33. The van der Waals surface area contributed by atoms with Crippen LogP contribution in [0.2, 0.25) is 0 Å². The molecule has 27 heavy (non-hydrogen) atoms. The molecule has 0 heteroatoms. The van der Waals surface area contributed by atoms with E-state index >= 15 is 0 Å². The van der Waals surface area contributed by atoms with E-state index in [0.717, 1.165) is 0 Å². The Balaban J connectivity index is 0.000000195. The SMILES string of the molecule is Cc1ccccc1.c1cc2cccc3c4cccc5cccc(c(c1)c23)c54. The lowest BCUT2D eigenvalue weighted by Crippen LogP contribution is -1.85. The van der Waals surface area contributed by atoms with Gasteiger partial charge in [0, 0.05) is 0 Å². The van der Waals surface area contributed by atoms with Crippen molar-refractivity contribution in [2.45, 2.75) is 6.92 Å². The zero-order valence-electron chi connectivity index (χ0n) is 15.3. The Morgan fingerprint density at radius 2 is 0.741 bits per heavy atom. The molecule has 128 valence electrons. The molecule has 0 spiro atoms. The van der Waals surface area contributed by atoms with Gasteiger partial charge in [0.25, 0.3) is 0 Å². The minimum Gasteiger partial charge on any atom is -0.0622 e. The Kier molecular flexibility index (Phi) is 3.76. The summed E-state index contributed by atoms with van der Waals surface area (Å²) in [4.78, 5) is 0. The summed E-state index contributed by atoms with van der Waals surface area (Å²) in [6, 6.07) is 36.7. The molecule has 6 aromatic rings. The van der Waals surface area contributed by atoms with Crippen LogP contribution in [0.15, 0.2) is 103 Å². The van der Waals surface area contributed by atoms with Crippen molar-refractivity contribution in [3.8, 4) is 0 Å². The van der Waals surface area contributed by atoms with Crippen molar-refractivity contribution in [2.24, 2.45) is 0 Å². The van der Waals surface area contributed by atoms with E-state index in [0.29, 0.717) is 0 Å². The molecule has 0 aromatic heterocycles. The molecule has 0 nitrogen and oxygen atoms in total. The Hall–Kier alpha value is -3.38. The summed E-state index contributed by atoms with van der Waals surface area (Å²) in [5.74, 6) is 0. The maximum Gasteiger partial charge on any atom is -0.00264 e. The summed E-state index contributed by atoms with van der Waals surface area (Å²) < 4.78 is 0. The van der Waals surface area contributed by atoms with Crippen LogP contribution in [0, 0.1) is 6.92 Å². The van der Waals surface area contributed by atoms with Crippen LogP contribution in [0.5, 0.6) is 0 Å². The average Bonchev–Trinajstić information content (AvgIpc) is 2.73. The van der Waals surface area contributed by atoms with Gasteiger partial charge in [-0.1, -0.05) is 109 Å². The van der Waals surface area contributed by atoms with Gasteiger partial charge in [-0.2, -0.15) is 0 Å². The van der Waals surface area contributed by atoms with Gasteiger partial charge in [0.15, 0.2) is 0 Å². The van der Waals surface area contributed by atoms with E-state index in [4.69, 9.17) is 0 Å². The molecule has 0 atom stereocenters. The lowest BCUT2D eigenvalue weighted by atomic mass is 9.90. The predicted molar refractivity (Wildman–Crippen MR) is 119 cm³/mol. The van der Waals surface area contributed by atoms with Crippen LogP contribution in [-0.4, -0.2) is 0 Å². The van der Waals surface area contributed by atoms with E-state index in [2.05, 4.69) is 91.9 Å². The van der Waals surface area contributed by atoms with Gasteiger partial charge in [0.1, 0.15) is 0 Å². The van der Waals surface area contributed by atoms with Crippen molar-refractivity contribution < 1.29 is 0 Å². The zero-order valence-corrected chi connectivity index (χ0v) is 15.3. The van der Waals surface area contributed by atoms with Crippen molar-refractivity contribution in [3.05, 3.63) is 109 Å². The summed E-state index contributed by atoms with van der Waals surface area (Å²) in [6.45, 7) is 2.08. The first-order valence-corrected chi connectivity index (χ1v) is 9.39. The number of benzene rings is 6. The van der Waals surface area contributed by atoms with Crippen molar-refractivity contribution in [1.29, 1.82) is 0 Å². The first-order chi connectivity index (χ1) is 13.3. The molecule has 6 aromatic carbocycles. The topological polar surface area (TPSA) is 0 Å². The summed E-state index contributed by atoms with van der Waals surface area (Å²) in [5.41, 5.74) is 1.32. The van der Waals surface area contributed by atoms with Crippen molar-refractivity contribution in [1.82, 2.24) is 0 Å². The maximum absolute atomic E-state index is 2.25. The maximum atomic E-state index is 2.25. The average molecular weight is 344 g/mol. The monoisotopic (exact) mass is 344 g/mol. The standard InChI is InChI=1S/C20H12.C7H8/c1-5-13-6-2-11-17-18-12-4-8-14-7-3-10-16(20(14)18)15(9-1)19(13)17;1-7-5-3-2-4-6-7/h1-12H;2-6H,1H3. The number of hydrogen-bond donors (Lipinski definition) is 0. The highest BCUT2D eigenvalue weighted by atomic mass is 14.1. The molecule has 0 aliphatic rings. The van der Waals surface area contributed by atoms with Crippen LogP contribution < -0.4 is 0 Å². The quantitative estimate of drug-likeness (QED) is 0.195. The minimum absolute atomic E-state index is 1.32. The van der Waals surface area contributed by atoms with Crippen LogP contribution in [0.4, 0.5) is 0 Å². The Labute approximate surface area is 159 Å². The molecule has 0 saturated carbocycles. The van der Waals surface area contributed by atoms with Crippen molar-refractivity contribution >= 4 is 43.1 Å². The third kappa shape index (κ3) is 2.62. The smallest absolute Gasteiger partial charge is 0.00264 e. The molecule has 0 amide bonds.